The molecule has 25 heavy (non-hydrogen) atoms. The molecule has 0 aliphatic heterocycles. The molecular weight excluding hydrogens is 453 g/mol. The van der Waals surface area contributed by atoms with E-state index in [-0.39, 0.29) is 26.6 Å². The first-order chi connectivity index (χ1) is 11.8. The molecule has 0 atom stereocenters. The van der Waals surface area contributed by atoms with Crippen LogP contribution in [0.5, 0.6) is 5.88 Å². The van der Waals surface area contributed by atoms with E-state index in [1.54, 1.807) is 0 Å². The van der Waals surface area contributed by atoms with Gasteiger partial charge in [0.05, 0.1) is 22.8 Å². The molecule has 2 aromatic rings. The topological polar surface area (TPSA) is 81.2 Å². The van der Waals surface area contributed by atoms with Crippen LogP contribution in [0.1, 0.15) is 26.2 Å². The van der Waals surface area contributed by atoms with Crippen molar-refractivity contribution in [2.24, 2.45) is 0 Å². The van der Waals surface area contributed by atoms with Gasteiger partial charge in [-0.1, -0.05) is 49.0 Å². The molecule has 0 saturated carbocycles. The quantitative estimate of drug-likeness (QED) is 0.556. The second-order valence-electron chi connectivity index (χ2n) is 5.06. The Morgan fingerprint density at radius 3 is 2.76 bits per heavy atom. The van der Waals surface area contributed by atoms with Crippen molar-refractivity contribution in [2.75, 3.05) is 11.3 Å². The van der Waals surface area contributed by atoms with Crippen LogP contribution in [-0.2, 0) is 10.0 Å². The van der Waals surface area contributed by atoms with Gasteiger partial charge >= 0.3 is 0 Å². The fourth-order valence-corrected chi connectivity index (χ4v) is 3.95. The van der Waals surface area contributed by atoms with Crippen molar-refractivity contribution in [3.8, 4) is 5.88 Å². The predicted octanol–water partition coefficient (Wildman–Crippen LogP) is 4.92. The summed E-state index contributed by atoms with van der Waals surface area (Å²) in [6.07, 6.45) is 4.24. The van der Waals surface area contributed by atoms with Gasteiger partial charge in [-0.2, -0.15) is 0 Å². The molecule has 0 aliphatic carbocycles. The average Bonchev–Trinajstić information content (AvgIpc) is 2.56. The Bertz CT molecular complexity index is 850. The van der Waals surface area contributed by atoms with E-state index >= 15 is 0 Å². The van der Waals surface area contributed by atoms with E-state index in [1.807, 2.05) is 0 Å². The van der Waals surface area contributed by atoms with E-state index in [0.29, 0.717) is 11.2 Å². The monoisotopic (exact) mass is 467 g/mol. The standard InChI is InChI=1S/C15H16BrCl2N3O3S/c1-2-3-4-8-24-15-14(19-9-12(16)20-15)21-25(22,23)11-7-5-6-10(17)13(11)18/h5-7,9H,2-4,8H2,1H3,(H,19,21). The summed E-state index contributed by atoms with van der Waals surface area (Å²) in [5.41, 5.74) is 0. The number of halogens is 3. The Kier molecular flexibility index (Phi) is 7.30. The molecule has 1 N–H and O–H groups in total. The molecule has 0 bridgehead atoms. The third-order valence-corrected chi connectivity index (χ3v) is 5.83. The largest absolute Gasteiger partial charge is 0.475 e. The van der Waals surface area contributed by atoms with Gasteiger partial charge < -0.3 is 4.74 Å². The SMILES string of the molecule is CCCCCOc1nc(Br)cnc1NS(=O)(=O)c1cccc(Cl)c1Cl. The summed E-state index contributed by atoms with van der Waals surface area (Å²) in [5.74, 6) is 0.0722. The summed E-state index contributed by atoms with van der Waals surface area (Å²) in [5, 5.41) is 0.0784. The van der Waals surface area contributed by atoms with Crippen LogP contribution in [0.15, 0.2) is 33.9 Å². The summed E-state index contributed by atoms with van der Waals surface area (Å²) in [4.78, 5) is 8.02. The van der Waals surface area contributed by atoms with E-state index < -0.39 is 10.0 Å². The van der Waals surface area contributed by atoms with Gasteiger partial charge in [0.1, 0.15) is 9.50 Å². The van der Waals surface area contributed by atoms with Crippen LogP contribution in [0.3, 0.4) is 0 Å². The first kappa shape index (κ1) is 20.2. The molecular formula is C15H16BrCl2N3O3S. The smallest absolute Gasteiger partial charge is 0.264 e. The van der Waals surface area contributed by atoms with E-state index in [4.69, 9.17) is 27.9 Å². The number of benzene rings is 1. The summed E-state index contributed by atoms with van der Waals surface area (Å²) < 4.78 is 33.5. The van der Waals surface area contributed by atoms with Crippen LogP contribution in [0.4, 0.5) is 5.82 Å². The van der Waals surface area contributed by atoms with Crippen LogP contribution >= 0.6 is 39.1 Å². The maximum absolute atomic E-state index is 12.6. The molecule has 0 spiro atoms. The number of aromatic nitrogens is 2. The zero-order valence-electron chi connectivity index (χ0n) is 13.3. The van der Waals surface area contributed by atoms with Crippen molar-refractivity contribution in [3.05, 3.63) is 39.0 Å². The molecule has 1 heterocycles. The second kappa shape index (κ2) is 9.02. The van der Waals surface area contributed by atoms with Crippen LogP contribution in [-0.4, -0.2) is 25.0 Å². The van der Waals surface area contributed by atoms with E-state index in [9.17, 15) is 8.42 Å². The highest BCUT2D eigenvalue weighted by molar-refractivity contribution is 9.10. The molecule has 10 heteroatoms. The fraction of sp³-hybridized carbons (Fsp3) is 0.333. The van der Waals surface area contributed by atoms with Crippen molar-refractivity contribution < 1.29 is 13.2 Å². The zero-order valence-corrected chi connectivity index (χ0v) is 17.2. The molecule has 0 amide bonds. The average molecular weight is 469 g/mol. The summed E-state index contributed by atoms with van der Waals surface area (Å²) in [7, 11) is -4.00. The van der Waals surface area contributed by atoms with Gasteiger partial charge in [-0.25, -0.2) is 18.4 Å². The molecule has 2 rings (SSSR count). The van der Waals surface area contributed by atoms with Gasteiger partial charge in [0.2, 0.25) is 5.82 Å². The number of hydrogen-bond acceptors (Lipinski definition) is 5. The third kappa shape index (κ3) is 5.44. The van der Waals surface area contributed by atoms with Gasteiger partial charge in [-0.3, -0.25) is 4.72 Å². The van der Waals surface area contributed by atoms with E-state index in [1.165, 1.54) is 24.4 Å². The van der Waals surface area contributed by atoms with Crippen molar-refractivity contribution in [1.29, 1.82) is 0 Å². The van der Waals surface area contributed by atoms with Crippen molar-refractivity contribution in [2.45, 2.75) is 31.1 Å². The van der Waals surface area contributed by atoms with Gasteiger partial charge in [0.15, 0.2) is 0 Å². The molecule has 136 valence electrons. The number of ether oxygens (including phenoxy) is 1. The Morgan fingerprint density at radius 1 is 1.28 bits per heavy atom. The minimum atomic E-state index is -4.00. The van der Waals surface area contributed by atoms with Crippen LogP contribution in [0.2, 0.25) is 10.0 Å². The highest BCUT2D eigenvalue weighted by Gasteiger charge is 2.22. The molecule has 6 nitrogen and oxygen atoms in total. The third-order valence-electron chi connectivity index (χ3n) is 3.13. The lowest BCUT2D eigenvalue weighted by Gasteiger charge is -2.13. The van der Waals surface area contributed by atoms with Crippen molar-refractivity contribution in [1.82, 2.24) is 9.97 Å². The maximum Gasteiger partial charge on any atom is 0.264 e. The van der Waals surface area contributed by atoms with Gasteiger partial charge in [0.25, 0.3) is 15.9 Å². The molecule has 0 radical (unpaired) electrons. The summed E-state index contributed by atoms with van der Waals surface area (Å²) in [6.45, 7) is 2.48. The number of hydrogen-bond donors (Lipinski definition) is 1. The lowest BCUT2D eigenvalue weighted by atomic mass is 10.3. The number of anilines is 1. The van der Waals surface area contributed by atoms with Crippen LogP contribution in [0.25, 0.3) is 0 Å². The Labute approximate surface area is 165 Å². The lowest BCUT2D eigenvalue weighted by Crippen LogP contribution is -2.16. The zero-order chi connectivity index (χ0) is 18.4. The molecule has 0 unspecified atom stereocenters. The predicted molar refractivity (Wildman–Crippen MR) is 102 cm³/mol. The summed E-state index contributed by atoms with van der Waals surface area (Å²) in [6, 6.07) is 4.35. The van der Waals surface area contributed by atoms with Crippen LogP contribution < -0.4 is 9.46 Å². The maximum atomic E-state index is 12.6. The number of unbranched alkanes of at least 4 members (excludes halogenated alkanes) is 2. The fourth-order valence-electron chi connectivity index (χ4n) is 1.92. The Hall–Kier alpha value is -1.09. The molecule has 1 aromatic heterocycles. The van der Waals surface area contributed by atoms with Gasteiger partial charge in [-0.15, -0.1) is 0 Å². The first-order valence-corrected chi connectivity index (χ1v) is 10.5. The summed E-state index contributed by atoms with van der Waals surface area (Å²) >= 11 is 15.1. The lowest BCUT2D eigenvalue weighted by molar-refractivity contribution is 0.295. The van der Waals surface area contributed by atoms with Crippen molar-refractivity contribution >= 4 is 55.0 Å². The number of nitrogens with one attached hydrogen (secondary N) is 1. The van der Waals surface area contributed by atoms with Gasteiger partial charge in [-0.05, 0) is 34.5 Å². The highest BCUT2D eigenvalue weighted by atomic mass is 79.9. The van der Waals surface area contributed by atoms with Crippen molar-refractivity contribution in [3.63, 3.8) is 0 Å². The minimum Gasteiger partial charge on any atom is -0.475 e. The Balaban J connectivity index is 2.28. The molecule has 0 fully saturated rings. The number of sulfonamides is 1. The van der Waals surface area contributed by atoms with Crippen LogP contribution in [0, 0.1) is 0 Å². The first-order valence-electron chi connectivity index (χ1n) is 7.47. The second-order valence-corrected chi connectivity index (χ2v) is 8.31. The van der Waals surface area contributed by atoms with E-state index in [2.05, 4.69) is 37.5 Å². The normalized spacial score (nSPS) is 11.4. The minimum absolute atomic E-state index is 0.0178. The van der Waals surface area contributed by atoms with E-state index in [0.717, 1.165) is 19.3 Å². The van der Waals surface area contributed by atoms with Gasteiger partial charge in [0, 0.05) is 0 Å². The highest BCUT2D eigenvalue weighted by Crippen LogP contribution is 2.31. The molecule has 0 aliphatic rings. The Morgan fingerprint density at radius 2 is 2.04 bits per heavy atom. The number of rotatable bonds is 8. The molecule has 0 saturated heterocycles. The number of nitrogens with zero attached hydrogens (tertiary/aromatic N) is 2. The molecule has 1 aromatic carbocycles.